The number of ether oxygens (including phenoxy) is 2. The van der Waals surface area contributed by atoms with E-state index in [1.54, 1.807) is 11.0 Å². The normalized spacial score (nSPS) is 14.6. The summed E-state index contributed by atoms with van der Waals surface area (Å²) in [5.74, 6) is 0.785. The number of halogens is 2. The predicted molar refractivity (Wildman–Crippen MR) is 116 cm³/mol. The number of hydrogen-bond acceptors (Lipinski definition) is 6. The van der Waals surface area contributed by atoms with Crippen molar-refractivity contribution < 1.29 is 18.7 Å². The summed E-state index contributed by atoms with van der Waals surface area (Å²) in [5.41, 5.74) is 1.36. The van der Waals surface area contributed by atoms with Crippen LogP contribution in [-0.2, 0) is 9.53 Å². The van der Waals surface area contributed by atoms with Crippen molar-refractivity contribution in [3.05, 3.63) is 53.6 Å². The number of carbonyl (C=O) groups excluding carboxylic acids is 1. The van der Waals surface area contributed by atoms with Crippen LogP contribution in [0.2, 0.25) is 5.02 Å². The number of anilines is 2. The molecule has 2 aromatic carbocycles. The summed E-state index contributed by atoms with van der Waals surface area (Å²) in [6, 6.07) is 10.0. The number of amides is 1. The van der Waals surface area contributed by atoms with Crippen molar-refractivity contribution in [3.63, 3.8) is 0 Å². The Bertz CT molecular complexity index is 1090. The number of methoxy groups -OCH3 is 1. The number of fused-ring (bicyclic) bond motifs is 1. The molecule has 2 heterocycles. The molecule has 0 unspecified atom stereocenters. The summed E-state index contributed by atoms with van der Waals surface area (Å²) in [5, 5.41) is 3.96. The summed E-state index contributed by atoms with van der Waals surface area (Å²) in [6.45, 7) is 1.38. The van der Waals surface area contributed by atoms with E-state index in [1.165, 1.54) is 25.6 Å². The Hall–Kier alpha value is -2.97. The zero-order valence-electron chi connectivity index (χ0n) is 17.0. The van der Waals surface area contributed by atoms with Crippen molar-refractivity contribution in [2.45, 2.75) is 18.9 Å². The van der Waals surface area contributed by atoms with E-state index >= 15 is 0 Å². The van der Waals surface area contributed by atoms with Crippen molar-refractivity contribution >= 4 is 39.9 Å². The number of nitrogens with one attached hydrogen (secondary N) is 1. The smallest absolute Gasteiger partial charge is 0.248 e. The fourth-order valence-electron chi connectivity index (χ4n) is 3.55. The molecule has 0 radical (unpaired) electrons. The molecule has 0 atom stereocenters. The number of nitrogens with zero attached hydrogens (tertiary/aromatic N) is 3. The third kappa shape index (κ3) is 5.03. The molecule has 0 saturated carbocycles. The Kier molecular flexibility index (Phi) is 6.48. The highest BCUT2D eigenvalue weighted by atomic mass is 35.5. The Balaban J connectivity index is 1.48. The minimum Gasteiger partial charge on any atom is -0.490 e. The highest BCUT2D eigenvalue weighted by molar-refractivity contribution is 6.31. The molecule has 3 aromatic rings. The first kappa shape index (κ1) is 21.3. The number of aromatic nitrogens is 2. The first-order chi connectivity index (χ1) is 15.0. The molecule has 4 rings (SSSR count). The summed E-state index contributed by atoms with van der Waals surface area (Å²) in [6.07, 6.45) is 2.97. The first-order valence-corrected chi connectivity index (χ1v) is 10.3. The minimum absolute atomic E-state index is 0.000386. The van der Waals surface area contributed by atoms with Gasteiger partial charge in [-0.05, 0) is 36.4 Å². The maximum atomic E-state index is 13.4. The molecule has 0 bridgehead atoms. The third-order valence-corrected chi connectivity index (χ3v) is 5.44. The van der Waals surface area contributed by atoms with Gasteiger partial charge in [-0.15, -0.1) is 0 Å². The summed E-state index contributed by atoms with van der Waals surface area (Å²) in [4.78, 5) is 22.4. The molecule has 9 heteroatoms. The number of benzene rings is 2. The fraction of sp³-hybridized carbons (Fsp3) is 0.318. The van der Waals surface area contributed by atoms with E-state index in [2.05, 4.69) is 15.3 Å². The van der Waals surface area contributed by atoms with Crippen LogP contribution in [0.15, 0.2) is 42.7 Å². The van der Waals surface area contributed by atoms with Crippen LogP contribution < -0.4 is 10.1 Å². The monoisotopic (exact) mass is 444 g/mol. The quantitative estimate of drug-likeness (QED) is 0.614. The van der Waals surface area contributed by atoms with Crippen LogP contribution in [-0.4, -0.2) is 53.7 Å². The molecule has 0 aliphatic carbocycles. The average Bonchev–Trinajstić information content (AvgIpc) is 2.77. The highest BCUT2D eigenvalue weighted by Gasteiger charge is 2.24. The SMILES string of the molecule is COCC(=O)N1CCC(Oc2ccc3ncnc(Nc4ccc(F)c(Cl)c4)c3c2)CC1. The fourth-order valence-corrected chi connectivity index (χ4v) is 3.73. The van der Waals surface area contributed by atoms with Gasteiger partial charge in [0.1, 0.15) is 36.4 Å². The Morgan fingerprint density at radius 3 is 2.77 bits per heavy atom. The van der Waals surface area contributed by atoms with Gasteiger partial charge >= 0.3 is 0 Å². The molecule has 1 N–H and O–H groups in total. The van der Waals surface area contributed by atoms with E-state index in [1.807, 2.05) is 18.2 Å². The molecule has 1 aliphatic rings. The third-order valence-electron chi connectivity index (χ3n) is 5.15. The second-order valence-corrected chi connectivity index (χ2v) is 7.69. The molecule has 1 fully saturated rings. The van der Waals surface area contributed by atoms with Gasteiger partial charge in [0.25, 0.3) is 0 Å². The van der Waals surface area contributed by atoms with E-state index in [4.69, 9.17) is 21.1 Å². The van der Waals surface area contributed by atoms with E-state index in [0.29, 0.717) is 30.3 Å². The molecule has 162 valence electrons. The number of piperidine rings is 1. The van der Waals surface area contributed by atoms with Gasteiger partial charge in [0, 0.05) is 44.1 Å². The van der Waals surface area contributed by atoms with Crippen LogP contribution >= 0.6 is 11.6 Å². The summed E-state index contributed by atoms with van der Waals surface area (Å²) >= 11 is 5.88. The Morgan fingerprint density at radius 2 is 2.03 bits per heavy atom. The summed E-state index contributed by atoms with van der Waals surface area (Å²) in [7, 11) is 1.52. The summed E-state index contributed by atoms with van der Waals surface area (Å²) < 4.78 is 24.5. The molecule has 1 aliphatic heterocycles. The van der Waals surface area contributed by atoms with Gasteiger partial charge < -0.3 is 19.7 Å². The van der Waals surface area contributed by atoms with Crippen molar-refractivity contribution in [2.24, 2.45) is 0 Å². The van der Waals surface area contributed by atoms with Crippen LogP contribution in [0.5, 0.6) is 5.75 Å². The molecule has 0 spiro atoms. The second kappa shape index (κ2) is 9.45. The lowest BCUT2D eigenvalue weighted by atomic mass is 10.1. The van der Waals surface area contributed by atoms with Crippen molar-refractivity contribution in [3.8, 4) is 5.75 Å². The Morgan fingerprint density at radius 1 is 1.23 bits per heavy atom. The van der Waals surface area contributed by atoms with Crippen LogP contribution in [0.25, 0.3) is 10.9 Å². The van der Waals surface area contributed by atoms with Crippen LogP contribution in [0.4, 0.5) is 15.9 Å². The van der Waals surface area contributed by atoms with Gasteiger partial charge in [0.05, 0.1) is 10.5 Å². The standard InChI is InChI=1S/C22H22ClFN4O3/c1-30-12-21(29)28-8-6-15(7-9-28)31-16-3-5-20-17(11-16)22(26-13-25-20)27-14-2-4-19(24)18(23)10-14/h2-5,10-11,13,15H,6-9,12H2,1H3,(H,25,26,27). The number of hydrogen-bond donors (Lipinski definition) is 1. The van der Waals surface area contributed by atoms with Gasteiger partial charge in [0.2, 0.25) is 5.91 Å². The van der Waals surface area contributed by atoms with Crippen molar-refractivity contribution in [1.29, 1.82) is 0 Å². The van der Waals surface area contributed by atoms with E-state index in [0.717, 1.165) is 23.7 Å². The van der Waals surface area contributed by atoms with Crippen LogP contribution in [0.3, 0.4) is 0 Å². The van der Waals surface area contributed by atoms with Crippen LogP contribution in [0.1, 0.15) is 12.8 Å². The van der Waals surface area contributed by atoms with Gasteiger partial charge in [-0.2, -0.15) is 0 Å². The second-order valence-electron chi connectivity index (χ2n) is 7.29. The molecule has 1 aromatic heterocycles. The predicted octanol–water partition coefficient (Wildman–Crippen LogP) is 4.18. The first-order valence-electron chi connectivity index (χ1n) is 9.93. The molecule has 1 amide bonds. The Labute approximate surface area is 184 Å². The molecular formula is C22H22ClFN4O3. The van der Waals surface area contributed by atoms with Crippen molar-refractivity contribution in [1.82, 2.24) is 14.9 Å². The maximum absolute atomic E-state index is 13.4. The largest absolute Gasteiger partial charge is 0.490 e. The minimum atomic E-state index is -0.481. The molecule has 7 nitrogen and oxygen atoms in total. The molecular weight excluding hydrogens is 423 g/mol. The van der Waals surface area contributed by atoms with Crippen molar-refractivity contribution in [2.75, 3.05) is 32.1 Å². The van der Waals surface area contributed by atoms with Gasteiger partial charge in [0.15, 0.2) is 0 Å². The maximum Gasteiger partial charge on any atom is 0.248 e. The van der Waals surface area contributed by atoms with Gasteiger partial charge in [-0.3, -0.25) is 4.79 Å². The lowest BCUT2D eigenvalue weighted by Crippen LogP contribution is -2.43. The lowest BCUT2D eigenvalue weighted by Gasteiger charge is -2.32. The van der Waals surface area contributed by atoms with E-state index in [9.17, 15) is 9.18 Å². The molecule has 1 saturated heterocycles. The van der Waals surface area contributed by atoms with Crippen LogP contribution in [0, 0.1) is 5.82 Å². The lowest BCUT2D eigenvalue weighted by molar-refractivity contribution is -0.136. The average molecular weight is 445 g/mol. The topological polar surface area (TPSA) is 76.6 Å². The molecule has 31 heavy (non-hydrogen) atoms. The van der Waals surface area contributed by atoms with Gasteiger partial charge in [-0.1, -0.05) is 11.6 Å². The highest BCUT2D eigenvalue weighted by Crippen LogP contribution is 2.29. The number of likely N-dealkylation sites (tertiary alicyclic amines) is 1. The van der Waals surface area contributed by atoms with E-state index < -0.39 is 5.82 Å². The number of rotatable bonds is 6. The van der Waals surface area contributed by atoms with Gasteiger partial charge in [-0.25, -0.2) is 14.4 Å². The zero-order chi connectivity index (χ0) is 21.8. The zero-order valence-corrected chi connectivity index (χ0v) is 17.7. The van der Waals surface area contributed by atoms with E-state index in [-0.39, 0.29) is 23.6 Å². The number of carbonyl (C=O) groups is 1.